The molecule has 27 heavy (non-hydrogen) atoms. The molecule has 0 saturated carbocycles. The van der Waals surface area contributed by atoms with Crippen molar-refractivity contribution in [2.24, 2.45) is 0 Å². The van der Waals surface area contributed by atoms with E-state index >= 15 is 0 Å². The molecule has 0 atom stereocenters. The minimum Gasteiger partial charge on any atom is -0.493 e. The van der Waals surface area contributed by atoms with Crippen LogP contribution < -0.4 is 4.74 Å². The number of carbonyl (C=O) groups is 1. The second-order valence-electron chi connectivity index (χ2n) is 6.67. The lowest BCUT2D eigenvalue weighted by Gasteiger charge is -2.28. The van der Waals surface area contributed by atoms with Gasteiger partial charge in [0, 0.05) is 13.0 Å². The maximum atomic E-state index is 13.0. The molecule has 4 rings (SSSR count). The molecule has 0 fully saturated rings. The lowest BCUT2D eigenvalue weighted by atomic mass is 10.1. The zero-order chi connectivity index (χ0) is 18.6. The second-order valence-corrected chi connectivity index (χ2v) is 6.67. The maximum absolute atomic E-state index is 13.0. The Kier molecular flexibility index (Phi) is 4.92. The molecule has 138 valence electrons. The van der Waals surface area contributed by atoms with E-state index in [-0.39, 0.29) is 5.91 Å². The van der Waals surface area contributed by atoms with Crippen LogP contribution in [0, 0.1) is 0 Å². The molecule has 2 aromatic carbocycles. The van der Waals surface area contributed by atoms with E-state index in [1.165, 1.54) is 5.56 Å². The van der Waals surface area contributed by atoms with Gasteiger partial charge in [-0.2, -0.15) is 5.10 Å². The average molecular weight is 361 g/mol. The first-order valence-electron chi connectivity index (χ1n) is 9.35. The number of hydrogen-bond donors (Lipinski definition) is 0. The molecule has 0 bridgehead atoms. The van der Waals surface area contributed by atoms with Crippen LogP contribution in [0.2, 0.25) is 0 Å². The Labute approximate surface area is 159 Å². The van der Waals surface area contributed by atoms with Crippen LogP contribution in [0.25, 0.3) is 0 Å². The fourth-order valence-electron chi connectivity index (χ4n) is 3.49. The highest BCUT2D eigenvalue weighted by Gasteiger charge is 2.25. The second kappa shape index (κ2) is 7.66. The molecule has 0 aliphatic carbocycles. The molecule has 0 N–H and O–H groups in total. The van der Waals surface area contributed by atoms with Crippen LogP contribution in [0.15, 0.2) is 60.7 Å². The first-order valence-corrected chi connectivity index (χ1v) is 9.35. The first-order chi connectivity index (χ1) is 13.2. The lowest BCUT2D eigenvalue weighted by Crippen LogP contribution is -2.38. The molecule has 3 aromatic rings. The summed E-state index contributed by atoms with van der Waals surface area (Å²) < 4.78 is 7.65. The van der Waals surface area contributed by atoms with Crippen LogP contribution in [0.4, 0.5) is 0 Å². The number of amides is 1. The van der Waals surface area contributed by atoms with Crippen molar-refractivity contribution < 1.29 is 9.53 Å². The summed E-state index contributed by atoms with van der Waals surface area (Å²) in [6.45, 7) is 4.40. The van der Waals surface area contributed by atoms with Gasteiger partial charge in [-0.1, -0.05) is 42.5 Å². The average Bonchev–Trinajstić information content (AvgIpc) is 3.10. The summed E-state index contributed by atoms with van der Waals surface area (Å²) in [6.07, 6.45) is 0.807. The van der Waals surface area contributed by atoms with E-state index in [0.29, 0.717) is 37.6 Å². The van der Waals surface area contributed by atoms with Gasteiger partial charge in [-0.15, -0.1) is 0 Å². The topological polar surface area (TPSA) is 47.4 Å². The molecule has 0 radical (unpaired) electrons. The third kappa shape index (κ3) is 3.72. The molecule has 1 aliphatic rings. The lowest BCUT2D eigenvalue weighted by molar-refractivity contribution is 0.0702. The van der Waals surface area contributed by atoms with Gasteiger partial charge in [0.25, 0.3) is 5.91 Å². The minimum absolute atomic E-state index is 0.0103. The van der Waals surface area contributed by atoms with Crippen molar-refractivity contribution in [3.8, 4) is 5.75 Å². The van der Waals surface area contributed by atoms with Gasteiger partial charge in [0.1, 0.15) is 5.75 Å². The van der Waals surface area contributed by atoms with Crippen molar-refractivity contribution in [3.05, 3.63) is 83.2 Å². The van der Waals surface area contributed by atoms with Crippen molar-refractivity contribution in [1.82, 2.24) is 14.7 Å². The Morgan fingerprint density at radius 1 is 1.07 bits per heavy atom. The number of nitrogens with zero attached hydrogens (tertiary/aromatic N) is 3. The van der Waals surface area contributed by atoms with Gasteiger partial charge >= 0.3 is 0 Å². The predicted molar refractivity (Wildman–Crippen MR) is 104 cm³/mol. The fraction of sp³-hybridized carbons (Fsp3) is 0.273. The van der Waals surface area contributed by atoms with E-state index in [1.807, 2.05) is 59.0 Å². The van der Waals surface area contributed by atoms with Crippen LogP contribution >= 0.6 is 0 Å². The number of benzene rings is 2. The van der Waals surface area contributed by atoms with Gasteiger partial charge in [0.05, 0.1) is 36.6 Å². The molecule has 0 unspecified atom stereocenters. The van der Waals surface area contributed by atoms with Gasteiger partial charge in [-0.05, 0) is 30.7 Å². The molecule has 1 amide bonds. The smallest absolute Gasteiger partial charge is 0.258 e. The van der Waals surface area contributed by atoms with Crippen LogP contribution in [-0.2, 0) is 19.5 Å². The van der Waals surface area contributed by atoms with E-state index in [9.17, 15) is 4.79 Å². The molecule has 1 aromatic heterocycles. The Hall–Kier alpha value is -3.08. The van der Waals surface area contributed by atoms with Crippen LogP contribution in [0.5, 0.6) is 5.75 Å². The van der Waals surface area contributed by atoms with Crippen LogP contribution in [0.1, 0.15) is 34.2 Å². The van der Waals surface area contributed by atoms with Gasteiger partial charge < -0.3 is 9.64 Å². The molecule has 5 nitrogen and oxygen atoms in total. The van der Waals surface area contributed by atoms with Gasteiger partial charge in [-0.25, -0.2) is 0 Å². The summed E-state index contributed by atoms with van der Waals surface area (Å²) >= 11 is 0. The van der Waals surface area contributed by atoms with E-state index in [1.54, 1.807) is 0 Å². The summed E-state index contributed by atoms with van der Waals surface area (Å²) in [7, 11) is 0. The molecule has 0 spiro atoms. The minimum atomic E-state index is 0.0103. The van der Waals surface area contributed by atoms with Crippen molar-refractivity contribution >= 4 is 5.91 Å². The maximum Gasteiger partial charge on any atom is 0.258 e. The molecule has 1 aliphatic heterocycles. The third-order valence-corrected chi connectivity index (χ3v) is 4.78. The third-order valence-electron chi connectivity index (χ3n) is 4.78. The number of para-hydroxylation sites is 1. The summed E-state index contributed by atoms with van der Waals surface area (Å²) in [5, 5.41) is 4.71. The fourth-order valence-corrected chi connectivity index (χ4v) is 3.49. The van der Waals surface area contributed by atoms with Gasteiger partial charge in [0.15, 0.2) is 0 Å². The number of aromatic nitrogens is 2. The number of hydrogen-bond acceptors (Lipinski definition) is 3. The highest BCUT2D eigenvalue weighted by Crippen LogP contribution is 2.23. The van der Waals surface area contributed by atoms with E-state index in [4.69, 9.17) is 9.84 Å². The van der Waals surface area contributed by atoms with Crippen molar-refractivity contribution in [2.75, 3.05) is 13.2 Å². The first kappa shape index (κ1) is 17.3. The monoisotopic (exact) mass is 361 g/mol. The van der Waals surface area contributed by atoms with E-state index < -0.39 is 0 Å². The highest BCUT2D eigenvalue weighted by atomic mass is 16.5. The standard InChI is InChI=1S/C22H23N3O2/c1-2-27-21-11-7-6-10-20(21)22(26)24-12-13-25-19(16-24)15-18(23-25)14-17-8-4-3-5-9-17/h3-11,15H,2,12-14,16H2,1H3. The number of fused-ring (bicyclic) bond motifs is 1. The Balaban J connectivity index is 1.51. The Morgan fingerprint density at radius 3 is 2.67 bits per heavy atom. The largest absolute Gasteiger partial charge is 0.493 e. The zero-order valence-electron chi connectivity index (χ0n) is 15.5. The normalized spacial score (nSPS) is 13.3. The summed E-state index contributed by atoms with van der Waals surface area (Å²) in [4.78, 5) is 14.9. The Morgan fingerprint density at radius 2 is 1.85 bits per heavy atom. The Bertz CT molecular complexity index is 934. The summed E-state index contributed by atoms with van der Waals surface area (Å²) in [6, 6.07) is 19.9. The quantitative estimate of drug-likeness (QED) is 0.698. The van der Waals surface area contributed by atoms with Gasteiger partial charge in [0.2, 0.25) is 0 Å². The van der Waals surface area contributed by atoms with Crippen LogP contribution in [0.3, 0.4) is 0 Å². The van der Waals surface area contributed by atoms with Crippen molar-refractivity contribution in [3.63, 3.8) is 0 Å². The summed E-state index contributed by atoms with van der Waals surface area (Å²) in [5.41, 5.74) is 3.98. The van der Waals surface area contributed by atoms with E-state index in [0.717, 1.165) is 17.8 Å². The van der Waals surface area contributed by atoms with Gasteiger partial charge in [-0.3, -0.25) is 9.48 Å². The summed E-state index contributed by atoms with van der Waals surface area (Å²) in [5.74, 6) is 0.657. The number of ether oxygens (including phenoxy) is 1. The zero-order valence-corrected chi connectivity index (χ0v) is 15.5. The number of rotatable bonds is 5. The number of carbonyl (C=O) groups excluding carboxylic acids is 1. The van der Waals surface area contributed by atoms with E-state index in [2.05, 4.69) is 18.2 Å². The van der Waals surface area contributed by atoms with Crippen molar-refractivity contribution in [1.29, 1.82) is 0 Å². The van der Waals surface area contributed by atoms with Crippen LogP contribution in [-0.4, -0.2) is 33.7 Å². The SMILES string of the molecule is CCOc1ccccc1C(=O)N1CCn2nc(Cc3ccccc3)cc2C1. The predicted octanol–water partition coefficient (Wildman–Crippen LogP) is 3.53. The molecular weight excluding hydrogens is 338 g/mol. The molecule has 5 heteroatoms. The molecule has 2 heterocycles. The van der Waals surface area contributed by atoms with Crippen molar-refractivity contribution in [2.45, 2.75) is 26.4 Å². The molecular formula is C22H23N3O2. The highest BCUT2D eigenvalue weighted by molar-refractivity contribution is 5.97. The molecule has 0 saturated heterocycles.